The smallest absolute Gasteiger partial charge is 0.317 e. The molecule has 16 heavy (non-hydrogen) atoms. The van der Waals surface area contributed by atoms with Crippen molar-refractivity contribution in [3.05, 3.63) is 23.8 Å². The van der Waals surface area contributed by atoms with Gasteiger partial charge in [-0.25, -0.2) is 4.79 Å². The van der Waals surface area contributed by atoms with Crippen molar-refractivity contribution in [3.8, 4) is 5.75 Å². The maximum atomic E-state index is 11.3. The van der Waals surface area contributed by atoms with Crippen LogP contribution in [0.15, 0.2) is 18.2 Å². The first kappa shape index (κ1) is 12.4. The molecule has 1 heterocycles. The van der Waals surface area contributed by atoms with E-state index in [9.17, 15) is 9.90 Å². The molecule has 0 bridgehead atoms. The van der Waals surface area contributed by atoms with Crippen LogP contribution in [0.1, 0.15) is 5.56 Å². The summed E-state index contributed by atoms with van der Waals surface area (Å²) in [6, 6.07) is 4.75. The summed E-state index contributed by atoms with van der Waals surface area (Å²) in [6.07, 6.45) is 0. The van der Waals surface area contributed by atoms with E-state index < -0.39 is 0 Å². The molecule has 1 aromatic carbocycles. The van der Waals surface area contributed by atoms with Crippen LogP contribution >= 0.6 is 12.4 Å². The lowest BCUT2D eigenvalue weighted by atomic mass is 10.1. The zero-order chi connectivity index (χ0) is 10.8. The molecule has 1 saturated heterocycles. The SMILES string of the molecule is Cl.Nc1ccc(O)c(CN2CCNC2=O)c1. The number of rotatable bonds is 2. The number of benzene rings is 1. The second-order valence-electron chi connectivity index (χ2n) is 3.54. The topological polar surface area (TPSA) is 78.6 Å². The number of anilines is 1. The molecule has 6 heteroatoms. The Bertz CT molecular complexity index is 398. The molecule has 1 aromatic rings. The molecule has 4 N–H and O–H groups in total. The molecule has 0 spiro atoms. The van der Waals surface area contributed by atoms with Gasteiger partial charge in [0, 0.05) is 24.3 Å². The van der Waals surface area contributed by atoms with Gasteiger partial charge in [0.15, 0.2) is 0 Å². The summed E-state index contributed by atoms with van der Waals surface area (Å²) in [7, 11) is 0. The van der Waals surface area contributed by atoms with Crippen molar-refractivity contribution in [2.45, 2.75) is 6.54 Å². The van der Waals surface area contributed by atoms with Gasteiger partial charge in [-0.2, -0.15) is 0 Å². The predicted molar refractivity (Wildman–Crippen MR) is 63.6 cm³/mol. The number of hydrogen-bond acceptors (Lipinski definition) is 3. The molecule has 1 aliphatic rings. The lowest BCUT2D eigenvalue weighted by Gasteiger charge is -2.15. The minimum atomic E-state index is -0.100. The van der Waals surface area contributed by atoms with E-state index in [1.807, 2.05) is 0 Å². The first-order chi connectivity index (χ1) is 7.16. The largest absolute Gasteiger partial charge is 0.508 e. The number of nitrogens with two attached hydrogens (primary N) is 1. The van der Waals surface area contributed by atoms with Crippen molar-refractivity contribution in [2.24, 2.45) is 0 Å². The third-order valence-corrected chi connectivity index (χ3v) is 2.41. The molecule has 88 valence electrons. The standard InChI is InChI=1S/C10H13N3O2.ClH/c11-8-1-2-9(14)7(5-8)6-13-4-3-12-10(13)15;/h1-2,5,14H,3-4,6,11H2,(H,12,15);1H. The van der Waals surface area contributed by atoms with E-state index >= 15 is 0 Å². The Morgan fingerprint density at radius 1 is 1.50 bits per heavy atom. The molecule has 0 atom stereocenters. The fourth-order valence-corrected chi connectivity index (χ4v) is 1.60. The van der Waals surface area contributed by atoms with Gasteiger partial charge in [0.25, 0.3) is 0 Å². The highest BCUT2D eigenvalue weighted by Crippen LogP contribution is 2.21. The summed E-state index contributed by atoms with van der Waals surface area (Å²) in [5.41, 5.74) is 6.86. The van der Waals surface area contributed by atoms with Crippen molar-refractivity contribution in [1.82, 2.24) is 10.2 Å². The summed E-state index contributed by atoms with van der Waals surface area (Å²) in [5.74, 6) is 0.170. The Hall–Kier alpha value is -1.62. The minimum Gasteiger partial charge on any atom is -0.508 e. The van der Waals surface area contributed by atoms with Crippen molar-refractivity contribution in [1.29, 1.82) is 0 Å². The van der Waals surface area contributed by atoms with Gasteiger partial charge in [0.1, 0.15) is 5.75 Å². The molecule has 1 aliphatic heterocycles. The van der Waals surface area contributed by atoms with Crippen LogP contribution in [0.3, 0.4) is 0 Å². The number of halogens is 1. The fourth-order valence-electron chi connectivity index (χ4n) is 1.60. The lowest BCUT2D eigenvalue weighted by molar-refractivity contribution is 0.215. The van der Waals surface area contributed by atoms with Crippen LogP contribution in [-0.2, 0) is 6.54 Å². The average Bonchev–Trinajstić information content (AvgIpc) is 2.58. The molecular formula is C10H14ClN3O2. The molecule has 0 aromatic heterocycles. The van der Waals surface area contributed by atoms with Gasteiger partial charge in [-0.1, -0.05) is 0 Å². The van der Waals surface area contributed by atoms with Crippen molar-refractivity contribution in [3.63, 3.8) is 0 Å². The highest BCUT2D eigenvalue weighted by molar-refractivity contribution is 5.85. The molecule has 0 saturated carbocycles. The Balaban J connectivity index is 0.00000128. The molecule has 0 aliphatic carbocycles. The fraction of sp³-hybridized carbons (Fsp3) is 0.300. The Morgan fingerprint density at radius 3 is 2.88 bits per heavy atom. The predicted octanol–water partition coefficient (Wildman–Crippen LogP) is 0.921. The quantitative estimate of drug-likeness (QED) is 0.534. The van der Waals surface area contributed by atoms with Crippen LogP contribution in [0.4, 0.5) is 10.5 Å². The highest BCUT2D eigenvalue weighted by Gasteiger charge is 2.20. The summed E-state index contributed by atoms with van der Waals surface area (Å²) in [5, 5.41) is 12.3. The number of nitrogens with one attached hydrogen (secondary N) is 1. The number of aromatic hydroxyl groups is 1. The highest BCUT2D eigenvalue weighted by atomic mass is 35.5. The number of amides is 2. The number of carbonyl (C=O) groups excluding carboxylic acids is 1. The number of urea groups is 1. The normalized spacial score (nSPS) is 14.5. The van der Waals surface area contributed by atoms with Crippen LogP contribution in [0.25, 0.3) is 0 Å². The Kier molecular flexibility index (Phi) is 3.84. The van der Waals surface area contributed by atoms with Crippen molar-refractivity contribution in [2.75, 3.05) is 18.8 Å². The van der Waals surface area contributed by atoms with Crippen LogP contribution in [0, 0.1) is 0 Å². The van der Waals surface area contributed by atoms with E-state index in [0.29, 0.717) is 30.9 Å². The number of phenolic OH excluding ortho intramolecular Hbond substituents is 1. The van der Waals surface area contributed by atoms with Gasteiger partial charge in [-0.15, -0.1) is 12.4 Å². The van der Waals surface area contributed by atoms with E-state index in [1.165, 1.54) is 0 Å². The van der Waals surface area contributed by atoms with Gasteiger partial charge in [-0.05, 0) is 18.2 Å². The van der Waals surface area contributed by atoms with Gasteiger partial charge in [-0.3, -0.25) is 0 Å². The molecule has 0 radical (unpaired) electrons. The van der Waals surface area contributed by atoms with Crippen LogP contribution in [0.2, 0.25) is 0 Å². The molecule has 1 fully saturated rings. The van der Waals surface area contributed by atoms with Crippen molar-refractivity contribution < 1.29 is 9.90 Å². The number of carbonyl (C=O) groups is 1. The molecule has 2 rings (SSSR count). The van der Waals surface area contributed by atoms with Crippen LogP contribution in [0.5, 0.6) is 5.75 Å². The Labute approximate surface area is 99.6 Å². The maximum Gasteiger partial charge on any atom is 0.317 e. The monoisotopic (exact) mass is 243 g/mol. The molecule has 5 nitrogen and oxygen atoms in total. The second-order valence-corrected chi connectivity index (χ2v) is 3.54. The minimum absolute atomic E-state index is 0. The number of hydrogen-bond donors (Lipinski definition) is 3. The molecular weight excluding hydrogens is 230 g/mol. The van der Waals surface area contributed by atoms with E-state index in [4.69, 9.17) is 5.73 Å². The summed E-state index contributed by atoms with van der Waals surface area (Å²) in [6.45, 7) is 1.71. The molecule has 0 unspecified atom stereocenters. The second kappa shape index (κ2) is 4.94. The van der Waals surface area contributed by atoms with Gasteiger partial charge in [0.2, 0.25) is 0 Å². The van der Waals surface area contributed by atoms with E-state index in [2.05, 4.69) is 5.32 Å². The number of nitrogens with zero attached hydrogens (tertiary/aromatic N) is 1. The summed E-state index contributed by atoms with van der Waals surface area (Å²) in [4.78, 5) is 12.9. The van der Waals surface area contributed by atoms with Gasteiger partial charge in [0.05, 0.1) is 6.54 Å². The van der Waals surface area contributed by atoms with E-state index in [1.54, 1.807) is 23.1 Å². The summed E-state index contributed by atoms with van der Waals surface area (Å²) < 4.78 is 0. The van der Waals surface area contributed by atoms with Gasteiger partial charge >= 0.3 is 6.03 Å². The number of phenols is 1. The van der Waals surface area contributed by atoms with Gasteiger partial charge < -0.3 is 21.1 Å². The first-order valence-corrected chi connectivity index (χ1v) is 4.77. The van der Waals surface area contributed by atoms with E-state index in [0.717, 1.165) is 0 Å². The van der Waals surface area contributed by atoms with Crippen LogP contribution in [-0.4, -0.2) is 29.1 Å². The zero-order valence-corrected chi connectivity index (χ0v) is 9.46. The zero-order valence-electron chi connectivity index (χ0n) is 8.64. The van der Waals surface area contributed by atoms with Crippen LogP contribution < -0.4 is 11.1 Å². The Morgan fingerprint density at radius 2 is 2.25 bits per heavy atom. The third-order valence-electron chi connectivity index (χ3n) is 2.41. The maximum absolute atomic E-state index is 11.3. The summed E-state index contributed by atoms with van der Waals surface area (Å²) >= 11 is 0. The third kappa shape index (κ3) is 2.49. The molecule has 2 amide bonds. The first-order valence-electron chi connectivity index (χ1n) is 4.77. The van der Waals surface area contributed by atoms with E-state index in [-0.39, 0.29) is 24.2 Å². The lowest BCUT2D eigenvalue weighted by Crippen LogP contribution is -2.27. The average molecular weight is 244 g/mol. The van der Waals surface area contributed by atoms with Crippen molar-refractivity contribution >= 4 is 24.1 Å². The number of nitrogen functional groups attached to an aromatic ring is 1.